The number of aryl methyl sites for hydroxylation is 2. The highest BCUT2D eigenvalue weighted by Gasteiger charge is 1.97. The largest absolute Gasteiger partial charge is 0.487 e. The van der Waals surface area contributed by atoms with Gasteiger partial charge in [0, 0.05) is 6.20 Å². The number of aromatic nitrogens is 1. The van der Waals surface area contributed by atoms with Gasteiger partial charge in [0.15, 0.2) is 0 Å². The van der Waals surface area contributed by atoms with Gasteiger partial charge >= 0.3 is 0 Å². The molecule has 0 N–H and O–H groups in total. The van der Waals surface area contributed by atoms with Crippen LogP contribution in [0.15, 0.2) is 42.7 Å². The van der Waals surface area contributed by atoms with E-state index in [0.29, 0.717) is 6.61 Å². The lowest BCUT2D eigenvalue weighted by Crippen LogP contribution is -1.96. The molecule has 1 aromatic carbocycles. The van der Waals surface area contributed by atoms with E-state index in [1.54, 1.807) is 12.4 Å². The summed E-state index contributed by atoms with van der Waals surface area (Å²) in [7, 11) is 0. The Bertz CT molecular complexity index is 445. The Morgan fingerprint density at radius 3 is 2.50 bits per heavy atom. The minimum atomic E-state index is 0.591. The van der Waals surface area contributed by atoms with Crippen LogP contribution >= 0.6 is 0 Å². The van der Waals surface area contributed by atoms with E-state index in [1.807, 2.05) is 12.1 Å². The summed E-state index contributed by atoms with van der Waals surface area (Å²) in [6, 6.07) is 10.2. The van der Waals surface area contributed by atoms with Gasteiger partial charge in [0.05, 0.1) is 6.20 Å². The monoisotopic (exact) mass is 213 g/mol. The van der Waals surface area contributed by atoms with Crippen molar-refractivity contribution in [2.75, 3.05) is 0 Å². The van der Waals surface area contributed by atoms with Crippen molar-refractivity contribution in [3.63, 3.8) is 0 Å². The van der Waals surface area contributed by atoms with Gasteiger partial charge in [-0.3, -0.25) is 4.98 Å². The first-order chi connectivity index (χ1) is 7.74. The molecule has 2 heteroatoms. The van der Waals surface area contributed by atoms with Crippen LogP contribution in [0.5, 0.6) is 5.75 Å². The Balaban J connectivity index is 2.05. The third-order valence-electron chi connectivity index (χ3n) is 2.32. The molecule has 0 bridgehead atoms. The molecule has 0 aliphatic rings. The van der Waals surface area contributed by atoms with Gasteiger partial charge in [-0.15, -0.1) is 0 Å². The lowest BCUT2D eigenvalue weighted by molar-refractivity contribution is 0.305. The predicted molar refractivity (Wildman–Crippen MR) is 64.5 cm³/mol. The Morgan fingerprint density at radius 2 is 1.88 bits per heavy atom. The van der Waals surface area contributed by atoms with Gasteiger partial charge in [-0.05, 0) is 31.5 Å². The molecule has 0 atom stereocenters. The van der Waals surface area contributed by atoms with E-state index < -0.39 is 0 Å². The Hall–Kier alpha value is -1.83. The van der Waals surface area contributed by atoms with Gasteiger partial charge in [-0.25, -0.2) is 0 Å². The molecule has 1 heterocycles. The van der Waals surface area contributed by atoms with Crippen molar-refractivity contribution in [2.24, 2.45) is 0 Å². The summed E-state index contributed by atoms with van der Waals surface area (Å²) in [5.74, 6) is 0.807. The van der Waals surface area contributed by atoms with Crippen LogP contribution in [0.1, 0.15) is 16.7 Å². The van der Waals surface area contributed by atoms with Gasteiger partial charge in [-0.1, -0.05) is 29.3 Å². The SMILES string of the molecule is Cc1cc(C)cc(COc2cccnc2)c1. The normalized spacial score (nSPS) is 10.1. The first-order valence-corrected chi connectivity index (χ1v) is 5.34. The first kappa shape index (κ1) is 10.7. The molecule has 0 unspecified atom stereocenters. The van der Waals surface area contributed by atoms with Crippen molar-refractivity contribution < 1.29 is 4.74 Å². The van der Waals surface area contributed by atoms with Gasteiger partial charge < -0.3 is 4.74 Å². The second-order valence-electron chi connectivity index (χ2n) is 3.97. The Morgan fingerprint density at radius 1 is 1.12 bits per heavy atom. The maximum atomic E-state index is 5.64. The smallest absolute Gasteiger partial charge is 0.138 e. The van der Waals surface area contributed by atoms with Gasteiger partial charge in [-0.2, -0.15) is 0 Å². The van der Waals surface area contributed by atoms with Crippen LogP contribution in [-0.2, 0) is 6.61 Å². The minimum absolute atomic E-state index is 0.591. The summed E-state index contributed by atoms with van der Waals surface area (Å²) in [5.41, 5.74) is 3.73. The van der Waals surface area contributed by atoms with Crippen LogP contribution < -0.4 is 4.74 Å². The highest BCUT2D eigenvalue weighted by molar-refractivity contribution is 5.28. The standard InChI is InChI=1S/C14H15NO/c1-11-6-12(2)8-13(7-11)10-16-14-4-3-5-15-9-14/h3-9H,10H2,1-2H3. The second kappa shape index (κ2) is 4.79. The molecular formula is C14H15NO. The van der Waals surface area contributed by atoms with E-state index >= 15 is 0 Å². The van der Waals surface area contributed by atoms with Crippen LogP contribution in [-0.4, -0.2) is 4.98 Å². The molecule has 2 rings (SSSR count). The van der Waals surface area contributed by atoms with E-state index in [2.05, 4.69) is 37.0 Å². The third kappa shape index (κ3) is 2.83. The average Bonchev–Trinajstić information content (AvgIpc) is 2.27. The lowest BCUT2D eigenvalue weighted by atomic mass is 10.1. The van der Waals surface area contributed by atoms with Crippen LogP contribution in [0.3, 0.4) is 0 Å². The van der Waals surface area contributed by atoms with Crippen molar-refractivity contribution in [3.8, 4) is 5.75 Å². The molecule has 0 radical (unpaired) electrons. The predicted octanol–water partition coefficient (Wildman–Crippen LogP) is 3.28. The fourth-order valence-corrected chi connectivity index (χ4v) is 1.75. The van der Waals surface area contributed by atoms with Crippen molar-refractivity contribution >= 4 is 0 Å². The number of hydrogen-bond donors (Lipinski definition) is 0. The first-order valence-electron chi connectivity index (χ1n) is 5.34. The van der Waals surface area contributed by atoms with E-state index in [9.17, 15) is 0 Å². The quantitative estimate of drug-likeness (QED) is 0.780. The van der Waals surface area contributed by atoms with Crippen LogP contribution in [0.25, 0.3) is 0 Å². The van der Waals surface area contributed by atoms with Gasteiger partial charge in [0.1, 0.15) is 12.4 Å². The van der Waals surface area contributed by atoms with Crippen LogP contribution in [0.4, 0.5) is 0 Å². The zero-order valence-electron chi connectivity index (χ0n) is 9.60. The molecular weight excluding hydrogens is 198 g/mol. The molecule has 82 valence electrons. The van der Waals surface area contributed by atoms with Crippen LogP contribution in [0, 0.1) is 13.8 Å². The third-order valence-corrected chi connectivity index (χ3v) is 2.32. The minimum Gasteiger partial charge on any atom is -0.487 e. The maximum Gasteiger partial charge on any atom is 0.138 e. The maximum absolute atomic E-state index is 5.64. The summed E-state index contributed by atoms with van der Waals surface area (Å²) in [6.07, 6.45) is 3.46. The van der Waals surface area contributed by atoms with E-state index in [-0.39, 0.29) is 0 Å². The van der Waals surface area contributed by atoms with Gasteiger partial charge in [0.25, 0.3) is 0 Å². The molecule has 0 saturated heterocycles. The van der Waals surface area contributed by atoms with Gasteiger partial charge in [0.2, 0.25) is 0 Å². The summed E-state index contributed by atoms with van der Waals surface area (Å²) in [4.78, 5) is 4.01. The van der Waals surface area contributed by atoms with Crippen molar-refractivity contribution in [3.05, 3.63) is 59.4 Å². The summed E-state index contributed by atoms with van der Waals surface area (Å²) in [6.45, 7) is 4.79. The summed E-state index contributed by atoms with van der Waals surface area (Å²) in [5, 5.41) is 0. The number of rotatable bonds is 3. The molecule has 0 amide bonds. The molecule has 2 aromatic rings. The number of pyridine rings is 1. The second-order valence-corrected chi connectivity index (χ2v) is 3.97. The molecule has 2 nitrogen and oxygen atoms in total. The fraction of sp³-hybridized carbons (Fsp3) is 0.214. The van der Waals surface area contributed by atoms with Crippen molar-refractivity contribution in [2.45, 2.75) is 20.5 Å². The van der Waals surface area contributed by atoms with E-state index in [0.717, 1.165) is 5.75 Å². The zero-order chi connectivity index (χ0) is 11.4. The number of benzene rings is 1. The van der Waals surface area contributed by atoms with E-state index in [4.69, 9.17) is 4.74 Å². The topological polar surface area (TPSA) is 22.1 Å². The molecule has 0 aliphatic heterocycles. The Labute approximate surface area is 95.9 Å². The molecule has 16 heavy (non-hydrogen) atoms. The Kier molecular flexibility index (Phi) is 3.20. The molecule has 0 fully saturated rings. The lowest BCUT2D eigenvalue weighted by Gasteiger charge is -2.07. The fourth-order valence-electron chi connectivity index (χ4n) is 1.75. The van der Waals surface area contributed by atoms with Crippen molar-refractivity contribution in [1.82, 2.24) is 4.98 Å². The summed E-state index contributed by atoms with van der Waals surface area (Å²) >= 11 is 0. The highest BCUT2D eigenvalue weighted by Crippen LogP contribution is 2.13. The summed E-state index contributed by atoms with van der Waals surface area (Å²) < 4.78 is 5.64. The number of hydrogen-bond acceptors (Lipinski definition) is 2. The molecule has 0 spiro atoms. The highest BCUT2D eigenvalue weighted by atomic mass is 16.5. The number of nitrogens with zero attached hydrogens (tertiary/aromatic N) is 1. The number of ether oxygens (including phenoxy) is 1. The molecule has 0 aliphatic carbocycles. The van der Waals surface area contributed by atoms with E-state index in [1.165, 1.54) is 16.7 Å². The average molecular weight is 213 g/mol. The van der Waals surface area contributed by atoms with Crippen molar-refractivity contribution in [1.29, 1.82) is 0 Å². The van der Waals surface area contributed by atoms with Crippen LogP contribution in [0.2, 0.25) is 0 Å². The molecule has 1 aromatic heterocycles. The molecule has 0 saturated carbocycles. The zero-order valence-corrected chi connectivity index (χ0v) is 9.60.